The fourth-order valence-electron chi connectivity index (χ4n) is 7.75. The van der Waals surface area contributed by atoms with Crippen LogP contribution in [-0.2, 0) is 20.2 Å². The minimum absolute atomic E-state index is 0.185. The Balaban J connectivity index is 0.000000237. The maximum Gasteiger partial charge on any atom is 0.261 e. The van der Waals surface area contributed by atoms with Gasteiger partial charge in [0.15, 0.2) is 0 Å². The van der Waals surface area contributed by atoms with Gasteiger partial charge in [0.2, 0.25) is 0 Å². The van der Waals surface area contributed by atoms with E-state index in [9.17, 15) is 45.1 Å². The predicted octanol–water partition coefficient (Wildman–Crippen LogP) is 5.52. The second-order valence-corrected chi connectivity index (χ2v) is 20.0. The number of likely N-dealkylation sites (N-methyl/N-ethyl adjacent to an activating group) is 2. The van der Waals surface area contributed by atoms with E-state index >= 15 is 0 Å². The third-order valence-corrected chi connectivity index (χ3v) is 12.6. The molecule has 62 heavy (non-hydrogen) atoms. The second-order valence-electron chi connectivity index (χ2n) is 17.2. The molecule has 0 bridgehead atoms. The molecule has 0 fully saturated rings. The second kappa shape index (κ2) is 16.0. The summed E-state index contributed by atoms with van der Waals surface area (Å²) in [5, 5.41) is 6.68. The van der Waals surface area contributed by atoms with E-state index in [0.717, 1.165) is 32.3 Å². The monoisotopic (exact) mass is 876 g/mol. The van der Waals surface area contributed by atoms with Crippen LogP contribution in [0.15, 0.2) is 119 Å². The van der Waals surface area contributed by atoms with E-state index in [1.54, 1.807) is 12.1 Å². The van der Waals surface area contributed by atoms with Crippen molar-refractivity contribution in [2.45, 2.75) is 9.79 Å². The first-order chi connectivity index (χ1) is 29.0. The number of rotatable bonds is 8. The Morgan fingerprint density at radius 3 is 0.871 bits per heavy atom. The van der Waals surface area contributed by atoms with E-state index in [-0.39, 0.29) is 33.4 Å². The summed E-state index contributed by atoms with van der Waals surface area (Å²) in [6.45, 7) is 1.98. The van der Waals surface area contributed by atoms with E-state index in [2.05, 4.69) is 0 Å². The van der Waals surface area contributed by atoms with Crippen LogP contribution in [-0.4, -0.2) is 137 Å². The molecule has 14 nitrogen and oxygen atoms in total. The first kappa shape index (κ1) is 43.9. The summed E-state index contributed by atoms with van der Waals surface area (Å²) >= 11 is 0. The lowest BCUT2D eigenvalue weighted by atomic mass is 9.82. The van der Waals surface area contributed by atoms with Crippen molar-refractivity contribution in [3.05, 3.63) is 131 Å². The van der Waals surface area contributed by atoms with Crippen molar-refractivity contribution in [1.29, 1.82) is 0 Å². The molecule has 0 aromatic heterocycles. The number of hydrogen-bond acceptors (Lipinski definition) is 10. The molecule has 320 valence electrons. The van der Waals surface area contributed by atoms with E-state index in [1.165, 1.54) is 58.3 Å². The molecule has 0 spiro atoms. The number of benzene rings is 7. The fourth-order valence-corrected chi connectivity index (χ4v) is 8.73. The average molecular weight is 877 g/mol. The van der Waals surface area contributed by atoms with Gasteiger partial charge in [-0.25, -0.2) is 16.8 Å². The van der Waals surface area contributed by atoms with Gasteiger partial charge in [0.25, 0.3) is 23.6 Å². The maximum atomic E-state index is 13.7. The van der Waals surface area contributed by atoms with Crippen LogP contribution in [0.2, 0.25) is 0 Å². The SMILES string of the molecule is C[N+](C)(C)CCN1C(=O)c2ccc3c4ccc5c6c(ccc(c7ccc(c2c37)C1=O)c64)C(=O)N(CC[N+](C)(C)C)C5=O.O=S(=O)([O-])c1ccccc1.O=S(=O)([O-])c1ccccc1. The summed E-state index contributed by atoms with van der Waals surface area (Å²) in [5.74, 6) is -1.09. The third-order valence-electron chi connectivity index (χ3n) is 10.9. The Hall–Kier alpha value is -6.14. The predicted molar refractivity (Wildman–Crippen MR) is 233 cm³/mol. The molecule has 7 aromatic rings. The topological polar surface area (TPSA) is 189 Å². The molecular weight excluding hydrogens is 833 g/mol. The van der Waals surface area contributed by atoms with Gasteiger partial charge in [-0.3, -0.25) is 29.0 Å². The molecule has 2 aliphatic rings. The Kier molecular flexibility index (Phi) is 11.3. The number of hydrogen-bond donors (Lipinski definition) is 0. The fraction of sp³-hybridized carbons (Fsp3) is 0.217. The number of amides is 4. The molecule has 0 atom stereocenters. The van der Waals surface area contributed by atoms with Gasteiger partial charge in [0, 0.05) is 33.0 Å². The number of carbonyl (C=O) groups excluding carboxylic acids is 4. The minimum Gasteiger partial charge on any atom is -0.744 e. The van der Waals surface area contributed by atoms with Crippen LogP contribution in [0.1, 0.15) is 41.4 Å². The standard InChI is InChI=1S/C34H34N4O4.2C6H6O3S/c1-37(2,3)17-15-35-31(39)23-11-7-19-21-9-13-25-30-26(34(42)36(33(25)41)16-18-38(4,5)6)14-10-22(28(21)30)20-8-12-24(32(35)40)29(23)27(19)20;2*7-10(8,9)6-4-2-1-3-5-6/h7-14H,15-18H2,1-6H3;2*1-5H,(H,7,8,9)/q+2;;/p-2. The van der Waals surface area contributed by atoms with Gasteiger partial charge in [0.05, 0.1) is 78.3 Å². The molecule has 2 heterocycles. The van der Waals surface area contributed by atoms with Crippen molar-refractivity contribution in [3.63, 3.8) is 0 Å². The van der Waals surface area contributed by atoms with Crippen molar-refractivity contribution in [2.75, 3.05) is 68.5 Å². The van der Waals surface area contributed by atoms with Crippen LogP contribution in [0.5, 0.6) is 0 Å². The molecular formula is C46H44N4O10S2. The number of quaternary nitrogens is 2. The maximum absolute atomic E-state index is 13.7. The highest BCUT2D eigenvalue weighted by Gasteiger charge is 2.37. The summed E-state index contributed by atoms with van der Waals surface area (Å²) in [6, 6.07) is 29.5. The number of imide groups is 2. The number of carbonyl (C=O) groups is 4. The molecule has 2 aliphatic heterocycles. The molecule has 0 N–H and O–H groups in total. The van der Waals surface area contributed by atoms with Crippen LogP contribution in [0.3, 0.4) is 0 Å². The van der Waals surface area contributed by atoms with E-state index in [1.807, 2.05) is 90.8 Å². The van der Waals surface area contributed by atoms with Crippen molar-refractivity contribution in [2.24, 2.45) is 0 Å². The summed E-state index contributed by atoms with van der Waals surface area (Å²) in [4.78, 5) is 57.0. The molecule has 7 aromatic carbocycles. The first-order valence-electron chi connectivity index (χ1n) is 19.5. The van der Waals surface area contributed by atoms with Crippen molar-refractivity contribution < 1.29 is 54.1 Å². The quantitative estimate of drug-likeness (QED) is 0.0618. The third kappa shape index (κ3) is 8.40. The summed E-state index contributed by atoms with van der Waals surface area (Å²) in [7, 11) is 3.72. The molecule has 9 rings (SSSR count). The van der Waals surface area contributed by atoms with Crippen LogP contribution in [0, 0.1) is 0 Å². The van der Waals surface area contributed by atoms with Gasteiger partial charge in [-0.05, 0) is 80.8 Å². The zero-order valence-corrected chi connectivity index (χ0v) is 36.5. The molecule has 16 heteroatoms. The zero-order valence-electron chi connectivity index (χ0n) is 34.9. The lowest BCUT2D eigenvalue weighted by Gasteiger charge is -2.32. The first-order valence-corrected chi connectivity index (χ1v) is 22.3. The van der Waals surface area contributed by atoms with Crippen LogP contribution >= 0.6 is 0 Å². The van der Waals surface area contributed by atoms with Gasteiger partial charge in [-0.1, -0.05) is 60.7 Å². The van der Waals surface area contributed by atoms with Gasteiger partial charge < -0.3 is 18.1 Å². The normalized spacial score (nSPS) is 14.4. The molecule has 0 saturated carbocycles. The Morgan fingerprint density at radius 2 is 0.661 bits per heavy atom. The Bertz CT molecular complexity index is 2840. The van der Waals surface area contributed by atoms with Gasteiger partial charge in [0.1, 0.15) is 20.2 Å². The van der Waals surface area contributed by atoms with E-state index in [0.29, 0.717) is 68.2 Å². The van der Waals surface area contributed by atoms with E-state index in [4.69, 9.17) is 0 Å². The smallest absolute Gasteiger partial charge is 0.261 e. The van der Waals surface area contributed by atoms with Crippen LogP contribution in [0.4, 0.5) is 0 Å². The zero-order chi connectivity index (χ0) is 45.1. The van der Waals surface area contributed by atoms with Crippen LogP contribution in [0.25, 0.3) is 43.1 Å². The van der Waals surface area contributed by atoms with E-state index < -0.39 is 20.2 Å². The molecule has 4 amide bonds. The van der Waals surface area contributed by atoms with Crippen molar-refractivity contribution in [3.8, 4) is 0 Å². The molecule has 0 unspecified atom stereocenters. The highest BCUT2D eigenvalue weighted by atomic mass is 32.2. The number of nitrogens with zero attached hydrogens (tertiary/aromatic N) is 4. The van der Waals surface area contributed by atoms with Gasteiger partial charge in [-0.15, -0.1) is 0 Å². The highest BCUT2D eigenvalue weighted by Crippen LogP contribution is 2.46. The summed E-state index contributed by atoms with van der Waals surface area (Å²) in [6.07, 6.45) is 0. The lowest BCUT2D eigenvalue weighted by molar-refractivity contribution is -0.869. The van der Waals surface area contributed by atoms with Gasteiger partial charge >= 0.3 is 0 Å². The summed E-state index contributed by atoms with van der Waals surface area (Å²) in [5.41, 5.74) is 2.11. The average Bonchev–Trinajstić information content (AvgIpc) is 3.21. The molecule has 0 radical (unpaired) electrons. The Morgan fingerprint density at radius 1 is 0.403 bits per heavy atom. The summed E-state index contributed by atoms with van der Waals surface area (Å²) < 4.78 is 62.9. The molecule has 0 saturated heterocycles. The van der Waals surface area contributed by atoms with Gasteiger partial charge in [-0.2, -0.15) is 0 Å². The lowest BCUT2D eigenvalue weighted by Crippen LogP contribution is -2.47. The Labute approximate surface area is 359 Å². The minimum atomic E-state index is -4.25. The molecule has 0 aliphatic carbocycles. The van der Waals surface area contributed by atoms with Crippen molar-refractivity contribution >= 4 is 87.0 Å². The largest absolute Gasteiger partial charge is 0.744 e. The number of fused-ring (bicyclic) bond motifs is 2. The highest BCUT2D eigenvalue weighted by molar-refractivity contribution is 7.86. The van der Waals surface area contributed by atoms with Crippen LogP contribution < -0.4 is 0 Å². The van der Waals surface area contributed by atoms with Crippen molar-refractivity contribution in [1.82, 2.24) is 9.80 Å².